The molecule has 0 atom stereocenters. The number of hydrogen-bond acceptors (Lipinski definition) is 4. The van der Waals surface area contributed by atoms with Crippen molar-refractivity contribution in [1.29, 1.82) is 0 Å². The number of nitrogens with one attached hydrogen (secondary N) is 1. The quantitative estimate of drug-likeness (QED) is 0.650. The van der Waals surface area contributed by atoms with Crippen molar-refractivity contribution in [1.82, 2.24) is 5.32 Å². The Morgan fingerprint density at radius 1 is 1.17 bits per heavy atom. The Hall–Kier alpha value is 0.0764. The van der Waals surface area contributed by atoms with Crippen molar-refractivity contribution >= 4 is 28.0 Å². The van der Waals surface area contributed by atoms with Crippen LogP contribution in [0.1, 0.15) is 31.2 Å². The van der Waals surface area contributed by atoms with E-state index in [-0.39, 0.29) is 63.9 Å². The molecule has 1 saturated carbocycles. The summed E-state index contributed by atoms with van der Waals surface area (Å²) in [7, 11) is 0. The maximum atomic E-state index is 11.7. The summed E-state index contributed by atoms with van der Waals surface area (Å²) in [6.07, 6.45) is 2.41. The summed E-state index contributed by atoms with van der Waals surface area (Å²) in [5.41, 5.74) is 0.924. The largest absolute Gasteiger partial charge is 1.00 e. The molecule has 1 amide bonds. The minimum atomic E-state index is -0.958. The number of carbonyl (C=O) groups is 2. The van der Waals surface area contributed by atoms with Crippen LogP contribution in [-0.4, -0.2) is 18.6 Å². The molecule has 1 aromatic rings. The predicted molar refractivity (Wildman–Crippen MR) is 82.8 cm³/mol. The molecule has 2 rings (SSSR count). The van der Waals surface area contributed by atoms with Gasteiger partial charge in [-0.25, -0.2) is 4.79 Å². The van der Waals surface area contributed by atoms with Gasteiger partial charge in [0.25, 0.3) is 0 Å². The molecule has 0 bridgehead atoms. The van der Waals surface area contributed by atoms with Gasteiger partial charge in [-0.3, -0.25) is 0 Å². The van der Waals surface area contributed by atoms with Crippen molar-refractivity contribution in [2.75, 3.05) is 6.54 Å². The van der Waals surface area contributed by atoms with E-state index in [1.165, 1.54) is 0 Å². The Morgan fingerprint density at radius 2 is 1.78 bits per heavy atom. The number of hydrogen-bond donors (Lipinski definition) is 1. The van der Waals surface area contributed by atoms with E-state index in [4.69, 9.17) is 4.74 Å². The number of aliphatic carboxylic acids is 1. The number of amides is 1. The number of halogens is 1. The molecule has 0 heterocycles. The molecule has 1 N–H and O–H groups in total. The van der Waals surface area contributed by atoms with Crippen LogP contribution in [0, 0.1) is 11.8 Å². The molecule has 120 valence electrons. The summed E-state index contributed by atoms with van der Waals surface area (Å²) in [5.74, 6) is -0.975. The first-order valence-electron chi connectivity index (χ1n) is 7.40. The number of rotatable bonds is 5. The number of carbonyl (C=O) groups excluding carboxylic acids is 2. The van der Waals surface area contributed by atoms with Gasteiger partial charge in [-0.2, -0.15) is 0 Å². The van der Waals surface area contributed by atoms with Gasteiger partial charge in [-0.1, -0.05) is 28.1 Å². The standard InChI is InChI=1S/C16H20BrNO4.K/c17-14-7-3-12(4-8-14)10-22-16(21)18-9-11-1-5-13(6-2-11)15(19)20;/h3-4,7-8,11,13H,1-2,5-6,9-10H2,(H,18,21)(H,19,20);/q;+1/p-1/t11-,13-;. The fourth-order valence-electron chi connectivity index (χ4n) is 2.61. The maximum absolute atomic E-state index is 11.7. The van der Waals surface area contributed by atoms with Gasteiger partial charge < -0.3 is 20.0 Å². The first-order chi connectivity index (χ1) is 10.5. The van der Waals surface area contributed by atoms with Crippen LogP contribution in [0.5, 0.6) is 0 Å². The zero-order valence-electron chi connectivity index (χ0n) is 13.2. The Labute approximate surface area is 187 Å². The van der Waals surface area contributed by atoms with Crippen molar-refractivity contribution in [3.05, 3.63) is 34.3 Å². The molecular weight excluding hydrogens is 389 g/mol. The van der Waals surface area contributed by atoms with Gasteiger partial charge in [0.2, 0.25) is 0 Å². The van der Waals surface area contributed by atoms with Gasteiger partial charge in [-0.15, -0.1) is 0 Å². The van der Waals surface area contributed by atoms with Crippen LogP contribution in [0.15, 0.2) is 28.7 Å². The third-order valence-electron chi connectivity index (χ3n) is 4.00. The van der Waals surface area contributed by atoms with E-state index in [9.17, 15) is 14.7 Å². The first kappa shape index (κ1) is 21.1. The molecular formula is C16H19BrKNO4. The molecule has 1 aromatic carbocycles. The zero-order valence-corrected chi connectivity index (χ0v) is 17.9. The fraction of sp³-hybridized carbons (Fsp3) is 0.500. The van der Waals surface area contributed by atoms with Crippen LogP contribution < -0.4 is 61.8 Å². The van der Waals surface area contributed by atoms with E-state index in [1.54, 1.807) is 0 Å². The van der Waals surface area contributed by atoms with Crippen molar-refractivity contribution in [3.63, 3.8) is 0 Å². The van der Waals surface area contributed by atoms with Crippen molar-refractivity contribution < 1.29 is 70.8 Å². The Balaban J connectivity index is 0.00000264. The van der Waals surface area contributed by atoms with Crippen LogP contribution in [0.3, 0.4) is 0 Å². The Morgan fingerprint density at radius 3 is 2.35 bits per heavy atom. The molecule has 0 aliphatic heterocycles. The van der Waals surface area contributed by atoms with Gasteiger partial charge in [0.1, 0.15) is 6.61 Å². The van der Waals surface area contributed by atoms with Crippen LogP contribution in [0.25, 0.3) is 0 Å². The molecule has 0 spiro atoms. The monoisotopic (exact) mass is 407 g/mol. The Kier molecular flexibility index (Phi) is 9.95. The van der Waals surface area contributed by atoms with Crippen LogP contribution in [0.4, 0.5) is 4.79 Å². The van der Waals surface area contributed by atoms with Crippen LogP contribution in [-0.2, 0) is 16.1 Å². The molecule has 0 unspecified atom stereocenters. The average molecular weight is 408 g/mol. The number of alkyl carbamates (subject to hydrolysis) is 1. The normalized spacial score (nSPS) is 20.2. The second-order valence-electron chi connectivity index (χ2n) is 5.62. The smallest absolute Gasteiger partial charge is 0.550 e. The fourth-order valence-corrected chi connectivity index (χ4v) is 2.87. The summed E-state index contributed by atoms with van der Waals surface area (Å²) in [6.45, 7) is 0.759. The van der Waals surface area contributed by atoms with E-state index in [2.05, 4.69) is 21.2 Å². The third kappa shape index (κ3) is 7.66. The van der Waals surface area contributed by atoms with Gasteiger partial charge in [0.05, 0.1) is 0 Å². The summed E-state index contributed by atoms with van der Waals surface area (Å²) in [6, 6.07) is 7.57. The van der Waals surface area contributed by atoms with Gasteiger partial charge in [-0.05, 0) is 55.2 Å². The van der Waals surface area contributed by atoms with E-state index < -0.39 is 12.1 Å². The zero-order chi connectivity index (χ0) is 15.9. The topological polar surface area (TPSA) is 78.5 Å². The summed E-state index contributed by atoms with van der Waals surface area (Å²) in [5, 5.41) is 13.5. The number of carboxylic acids is 1. The molecule has 1 fully saturated rings. The van der Waals surface area contributed by atoms with Crippen LogP contribution >= 0.6 is 15.9 Å². The minimum absolute atomic E-state index is 0. The SMILES string of the molecule is O=C(NC[C@H]1CC[C@H](C(=O)[O-])CC1)OCc1ccc(Br)cc1.[K+]. The van der Waals surface area contributed by atoms with Gasteiger partial charge >= 0.3 is 57.5 Å². The third-order valence-corrected chi connectivity index (χ3v) is 4.53. The second kappa shape index (κ2) is 10.8. The molecule has 1 aliphatic rings. The molecule has 7 heteroatoms. The molecule has 0 radical (unpaired) electrons. The summed E-state index contributed by atoms with van der Waals surface area (Å²) < 4.78 is 6.13. The number of carboxylic acid groups (broad SMARTS) is 1. The van der Waals surface area contributed by atoms with Crippen LogP contribution in [0.2, 0.25) is 0 Å². The van der Waals surface area contributed by atoms with Gasteiger partial charge in [0, 0.05) is 17.0 Å². The molecule has 0 aromatic heterocycles. The maximum Gasteiger partial charge on any atom is 1.00 e. The van der Waals surface area contributed by atoms with E-state index in [1.807, 2.05) is 24.3 Å². The molecule has 23 heavy (non-hydrogen) atoms. The van der Waals surface area contributed by atoms with Gasteiger partial charge in [0.15, 0.2) is 0 Å². The minimum Gasteiger partial charge on any atom is -0.550 e. The van der Waals surface area contributed by atoms with E-state index in [0.717, 1.165) is 22.9 Å². The number of ether oxygens (including phenoxy) is 1. The summed E-state index contributed by atoms with van der Waals surface area (Å²) in [4.78, 5) is 22.4. The molecule has 5 nitrogen and oxygen atoms in total. The van der Waals surface area contributed by atoms with Crippen molar-refractivity contribution in [2.45, 2.75) is 32.3 Å². The van der Waals surface area contributed by atoms with E-state index in [0.29, 0.717) is 25.3 Å². The Bertz CT molecular complexity index is 515. The number of benzene rings is 1. The van der Waals surface area contributed by atoms with Crippen molar-refractivity contribution in [2.24, 2.45) is 11.8 Å². The molecule has 1 aliphatic carbocycles. The van der Waals surface area contributed by atoms with Crippen molar-refractivity contribution in [3.8, 4) is 0 Å². The first-order valence-corrected chi connectivity index (χ1v) is 8.20. The second-order valence-corrected chi connectivity index (χ2v) is 6.54. The molecule has 0 saturated heterocycles. The predicted octanol–water partition coefficient (Wildman–Crippen LogP) is -0.764. The summed E-state index contributed by atoms with van der Waals surface area (Å²) >= 11 is 3.35. The van der Waals surface area contributed by atoms with E-state index >= 15 is 0 Å². The average Bonchev–Trinajstić information content (AvgIpc) is 2.52.